The van der Waals surface area contributed by atoms with Gasteiger partial charge in [0.05, 0.1) is 0 Å². The van der Waals surface area contributed by atoms with Gasteiger partial charge in [0, 0.05) is 31.9 Å². The van der Waals surface area contributed by atoms with E-state index in [1.54, 1.807) is 0 Å². The van der Waals surface area contributed by atoms with Crippen molar-refractivity contribution in [2.45, 2.75) is 13.8 Å². The molecular formula is C13H24N2. The Morgan fingerprint density at radius 3 is 2.00 bits per heavy atom. The summed E-state index contributed by atoms with van der Waals surface area (Å²) in [5, 5.41) is 0. The summed E-state index contributed by atoms with van der Waals surface area (Å²) in [5.74, 6) is 0. The number of allylic oxidation sites excluding steroid dienone is 3. The summed E-state index contributed by atoms with van der Waals surface area (Å²) >= 11 is 0. The van der Waals surface area contributed by atoms with E-state index < -0.39 is 0 Å². The quantitative estimate of drug-likeness (QED) is 0.658. The lowest BCUT2D eigenvalue weighted by Gasteiger charge is -2.34. The lowest BCUT2D eigenvalue weighted by Crippen LogP contribution is -2.43. The summed E-state index contributed by atoms with van der Waals surface area (Å²) < 4.78 is 0. The predicted octanol–water partition coefficient (Wildman–Crippen LogP) is 2.52. The van der Waals surface area contributed by atoms with Gasteiger partial charge in [-0.15, -0.1) is 0 Å². The van der Waals surface area contributed by atoms with Crippen molar-refractivity contribution >= 4 is 0 Å². The van der Waals surface area contributed by atoms with E-state index in [4.69, 9.17) is 0 Å². The Morgan fingerprint density at radius 2 is 1.60 bits per heavy atom. The first-order chi connectivity index (χ1) is 7.27. The van der Waals surface area contributed by atoms with Crippen LogP contribution in [0.1, 0.15) is 13.8 Å². The average molecular weight is 208 g/mol. The van der Waals surface area contributed by atoms with E-state index >= 15 is 0 Å². The molecule has 1 heterocycles. The summed E-state index contributed by atoms with van der Waals surface area (Å²) in [7, 11) is 2.15. The van der Waals surface area contributed by atoms with Gasteiger partial charge >= 0.3 is 0 Å². The van der Waals surface area contributed by atoms with Crippen molar-refractivity contribution in [2.75, 3.05) is 33.2 Å². The fourth-order valence-corrected chi connectivity index (χ4v) is 1.49. The number of hydrogen-bond donors (Lipinski definition) is 0. The molecule has 2 nitrogen and oxygen atoms in total. The molecule has 0 bridgehead atoms. The fraction of sp³-hybridized carbons (Fsp3) is 0.538. The van der Waals surface area contributed by atoms with E-state index in [0.29, 0.717) is 0 Å². The zero-order valence-corrected chi connectivity index (χ0v) is 10.4. The van der Waals surface area contributed by atoms with Gasteiger partial charge in [0.2, 0.25) is 0 Å². The van der Waals surface area contributed by atoms with E-state index in [1.807, 2.05) is 32.1 Å². The second-order valence-corrected chi connectivity index (χ2v) is 3.32. The van der Waals surface area contributed by atoms with Crippen molar-refractivity contribution in [1.29, 1.82) is 0 Å². The second kappa shape index (κ2) is 8.30. The topological polar surface area (TPSA) is 6.48 Å². The Hall–Kier alpha value is -1.02. The Morgan fingerprint density at radius 1 is 1.07 bits per heavy atom. The maximum absolute atomic E-state index is 3.80. The van der Waals surface area contributed by atoms with Crippen molar-refractivity contribution in [1.82, 2.24) is 9.80 Å². The predicted molar refractivity (Wildman–Crippen MR) is 68.9 cm³/mol. The molecule has 0 N–H and O–H groups in total. The molecule has 1 fully saturated rings. The Kier molecular flexibility index (Phi) is 7.74. The van der Waals surface area contributed by atoms with Crippen molar-refractivity contribution in [2.24, 2.45) is 0 Å². The lowest BCUT2D eigenvalue weighted by atomic mass is 10.2. The number of piperazine rings is 1. The molecule has 2 heteroatoms. The van der Waals surface area contributed by atoms with Gasteiger partial charge < -0.3 is 9.80 Å². The molecule has 0 atom stereocenters. The number of likely N-dealkylation sites (N-methyl/N-ethyl adjacent to an activating group) is 1. The molecule has 15 heavy (non-hydrogen) atoms. The van der Waals surface area contributed by atoms with Crippen LogP contribution in [-0.2, 0) is 0 Å². The van der Waals surface area contributed by atoms with Crippen LogP contribution >= 0.6 is 0 Å². The van der Waals surface area contributed by atoms with Crippen LogP contribution in [0.4, 0.5) is 0 Å². The standard InChI is InChI=1S/C11H18N2.C2H6/c1-4-6-11(5-2)13-9-7-12(3)8-10-13;1-2/h4-6H,1-2,7-10H2,3H3;1-2H3/b11-6+;. The Bertz CT molecular complexity index is 211. The van der Waals surface area contributed by atoms with Gasteiger partial charge in [0.25, 0.3) is 0 Å². The molecule has 0 aromatic heterocycles. The lowest BCUT2D eigenvalue weighted by molar-refractivity contribution is 0.190. The summed E-state index contributed by atoms with van der Waals surface area (Å²) in [6.45, 7) is 15.9. The SMILES string of the molecule is C=C/C=C(\C=C)N1CCN(C)CC1.CC. The van der Waals surface area contributed by atoms with Crippen LogP contribution in [0.5, 0.6) is 0 Å². The van der Waals surface area contributed by atoms with E-state index in [-0.39, 0.29) is 0 Å². The van der Waals surface area contributed by atoms with Crippen molar-refractivity contribution in [3.63, 3.8) is 0 Å². The highest BCUT2D eigenvalue weighted by Gasteiger charge is 2.13. The van der Waals surface area contributed by atoms with E-state index in [9.17, 15) is 0 Å². The average Bonchev–Trinajstić information content (AvgIpc) is 2.30. The maximum Gasteiger partial charge on any atom is 0.0360 e. The minimum absolute atomic E-state index is 1.09. The normalized spacial score (nSPS) is 17.8. The smallest absolute Gasteiger partial charge is 0.0360 e. The van der Waals surface area contributed by atoms with Crippen molar-refractivity contribution in [3.05, 3.63) is 37.1 Å². The molecule has 0 aromatic rings. The molecule has 0 unspecified atom stereocenters. The van der Waals surface area contributed by atoms with Crippen LogP contribution in [0.25, 0.3) is 0 Å². The van der Waals surface area contributed by atoms with E-state index in [2.05, 4.69) is 30.0 Å². The largest absolute Gasteiger partial charge is 0.369 e. The minimum Gasteiger partial charge on any atom is -0.369 e. The Balaban J connectivity index is 0.000000921. The highest BCUT2D eigenvalue weighted by Crippen LogP contribution is 2.09. The van der Waals surface area contributed by atoms with Gasteiger partial charge in [0.15, 0.2) is 0 Å². The van der Waals surface area contributed by atoms with Crippen LogP contribution in [0.2, 0.25) is 0 Å². The summed E-state index contributed by atoms with van der Waals surface area (Å²) in [5.41, 5.74) is 1.18. The van der Waals surface area contributed by atoms with Crippen LogP contribution < -0.4 is 0 Å². The zero-order valence-electron chi connectivity index (χ0n) is 10.4. The van der Waals surface area contributed by atoms with E-state index in [1.165, 1.54) is 5.70 Å². The van der Waals surface area contributed by atoms with Crippen molar-refractivity contribution in [3.8, 4) is 0 Å². The van der Waals surface area contributed by atoms with Gasteiger partial charge in [-0.1, -0.05) is 33.1 Å². The molecule has 0 saturated carbocycles. The van der Waals surface area contributed by atoms with Gasteiger partial charge in [-0.3, -0.25) is 0 Å². The van der Waals surface area contributed by atoms with Gasteiger partial charge in [-0.2, -0.15) is 0 Å². The van der Waals surface area contributed by atoms with Crippen LogP contribution in [0.3, 0.4) is 0 Å². The highest BCUT2D eigenvalue weighted by atomic mass is 15.2. The third-order valence-electron chi connectivity index (χ3n) is 2.37. The molecule has 1 aliphatic rings. The summed E-state index contributed by atoms with van der Waals surface area (Å²) in [4.78, 5) is 4.68. The molecular weight excluding hydrogens is 184 g/mol. The molecule has 0 radical (unpaired) electrons. The zero-order chi connectivity index (χ0) is 11.7. The molecule has 0 aliphatic carbocycles. The molecule has 1 rings (SSSR count). The molecule has 0 spiro atoms. The highest BCUT2D eigenvalue weighted by molar-refractivity contribution is 5.20. The summed E-state index contributed by atoms with van der Waals surface area (Å²) in [6, 6.07) is 0. The molecule has 1 saturated heterocycles. The first-order valence-electron chi connectivity index (χ1n) is 5.66. The first-order valence-corrected chi connectivity index (χ1v) is 5.66. The maximum atomic E-state index is 3.80. The fourth-order valence-electron chi connectivity index (χ4n) is 1.49. The van der Waals surface area contributed by atoms with Gasteiger partial charge in [0.1, 0.15) is 0 Å². The van der Waals surface area contributed by atoms with Gasteiger partial charge in [-0.25, -0.2) is 0 Å². The third-order valence-corrected chi connectivity index (χ3v) is 2.37. The van der Waals surface area contributed by atoms with E-state index in [0.717, 1.165) is 26.2 Å². The number of hydrogen-bond acceptors (Lipinski definition) is 2. The second-order valence-electron chi connectivity index (χ2n) is 3.32. The molecule has 86 valence electrons. The van der Waals surface area contributed by atoms with Gasteiger partial charge in [-0.05, 0) is 19.2 Å². The minimum atomic E-state index is 1.09. The first kappa shape index (κ1) is 14.0. The third kappa shape index (κ3) is 4.84. The molecule has 0 amide bonds. The number of nitrogens with zero attached hydrogens (tertiary/aromatic N) is 2. The van der Waals surface area contributed by atoms with Crippen LogP contribution in [0.15, 0.2) is 37.1 Å². The molecule has 0 aromatic carbocycles. The van der Waals surface area contributed by atoms with Crippen LogP contribution in [-0.4, -0.2) is 43.0 Å². The molecule has 1 aliphatic heterocycles. The number of rotatable bonds is 3. The monoisotopic (exact) mass is 208 g/mol. The van der Waals surface area contributed by atoms with Crippen LogP contribution in [0, 0.1) is 0 Å². The Labute approximate surface area is 94.6 Å². The van der Waals surface area contributed by atoms with Crippen molar-refractivity contribution < 1.29 is 0 Å². The summed E-state index contributed by atoms with van der Waals surface area (Å²) in [6.07, 6.45) is 5.72.